The summed E-state index contributed by atoms with van der Waals surface area (Å²) in [5.41, 5.74) is 0.787. The van der Waals surface area contributed by atoms with Crippen LogP contribution in [0.1, 0.15) is 19.8 Å². The van der Waals surface area contributed by atoms with Crippen LogP contribution in [0.3, 0.4) is 0 Å². The Hall–Kier alpha value is -1.05. The average Bonchev–Trinajstić information content (AvgIpc) is 2.55. The van der Waals surface area contributed by atoms with Crippen LogP contribution in [-0.4, -0.2) is 43.7 Å². The molecule has 1 aliphatic heterocycles. The summed E-state index contributed by atoms with van der Waals surface area (Å²) in [6.45, 7) is 2.43. The molecule has 122 valence electrons. The average molecular weight is 342 g/mol. The summed E-state index contributed by atoms with van der Waals surface area (Å²) in [6, 6.07) is 7.63. The molecule has 1 aromatic carbocycles. The summed E-state index contributed by atoms with van der Waals surface area (Å²) in [4.78, 5) is 13.5. The molecule has 22 heavy (non-hydrogen) atoms. The first kappa shape index (κ1) is 17.3. The van der Waals surface area contributed by atoms with E-state index in [-0.39, 0.29) is 24.1 Å². The molecule has 1 fully saturated rings. The Morgan fingerprint density at radius 2 is 2.14 bits per heavy atom. The highest BCUT2D eigenvalue weighted by Gasteiger charge is 2.31. The molecule has 1 saturated heterocycles. The minimum Gasteiger partial charge on any atom is -0.325 e. The first-order valence-corrected chi connectivity index (χ1v) is 10.2. The van der Waals surface area contributed by atoms with E-state index in [0.717, 1.165) is 23.4 Å². The van der Waals surface area contributed by atoms with Crippen molar-refractivity contribution in [3.05, 3.63) is 24.3 Å². The lowest BCUT2D eigenvalue weighted by Gasteiger charge is -2.31. The minimum absolute atomic E-state index is 0.0800. The fourth-order valence-electron chi connectivity index (χ4n) is 2.57. The number of hydrogen-bond donors (Lipinski definition) is 1. The smallest absolute Gasteiger partial charge is 0.228 e. The summed E-state index contributed by atoms with van der Waals surface area (Å²) >= 11 is 1.57. The van der Waals surface area contributed by atoms with Crippen LogP contribution in [-0.2, 0) is 14.8 Å². The molecule has 1 aromatic rings. The maximum atomic E-state index is 12.5. The summed E-state index contributed by atoms with van der Waals surface area (Å²) in [5, 5.41) is 2.94. The topological polar surface area (TPSA) is 66.5 Å². The van der Waals surface area contributed by atoms with Gasteiger partial charge in [-0.25, -0.2) is 12.7 Å². The SMILES string of the molecule is CCS(=O)(=O)N1CCC[C@H](C(=O)Nc2ccccc2SC)C1. The van der Waals surface area contributed by atoms with Gasteiger partial charge in [0.1, 0.15) is 0 Å². The molecule has 2 rings (SSSR count). The highest BCUT2D eigenvalue weighted by atomic mass is 32.2. The molecule has 1 amide bonds. The lowest BCUT2D eigenvalue weighted by atomic mass is 9.99. The molecule has 1 N–H and O–H groups in total. The third-order valence-electron chi connectivity index (χ3n) is 3.88. The zero-order valence-electron chi connectivity index (χ0n) is 12.9. The summed E-state index contributed by atoms with van der Waals surface area (Å²) in [6.07, 6.45) is 3.41. The van der Waals surface area contributed by atoms with Gasteiger partial charge in [0.2, 0.25) is 15.9 Å². The number of amides is 1. The van der Waals surface area contributed by atoms with Crippen LogP contribution in [0.5, 0.6) is 0 Å². The predicted molar refractivity (Wildman–Crippen MR) is 90.6 cm³/mol. The van der Waals surface area contributed by atoms with Crippen LogP contribution in [0.15, 0.2) is 29.2 Å². The van der Waals surface area contributed by atoms with E-state index < -0.39 is 10.0 Å². The van der Waals surface area contributed by atoms with Gasteiger partial charge in [-0.3, -0.25) is 4.79 Å². The lowest BCUT2D eigenvalue weighted by Crippen LogP contribution is -2.44. The van der Waals surface area contributed by atoms with Crippen molar-refractivity contribution >= 4 is 33.4 Å². The third-order valence-corrected chi connectivity index (χ3v) is 6.52. The first-order valence-electron chi connectivity index (χ1n) is 7.39. The number of anilines is 1. The zero-order valence-corrected chi connectivity index (χ0v) is 14.5. The predicted octanol–water partition coefficient (Wildman–Crippen LogP) is 2.41. The van der Waals surface area contributed by atoms with E-state index in [9.17, 15) is 13.2 Å². The van der Waals surface area contributed by atoms with Gasteiger partial charge >= 0.3 is 0 Å². The van der Waals surface area contributed by atoms with E-state index in [1.54, 1.807) is 18.7 Å². The molecule has 0 radical (unpaired) electrons. The van der Waals surface area contributed by atoms with Crippen molar-refractivity contribution in [1.29, 1.82) is 0 Å². The second-order valence-electron chi connectivity index (χ2n) is 5.29. The molecule has 0 aliphatic carbocycles. The van der Waals surface area contributed by atoms with Crippen LogP contribution >= 0.6 is 11.8 Å². The van der Waals surface area contributed by atoms with Crippen molar-refractivity contribution in [2.45, 2.75) is 24.7 Å². The number of nitrogens with zero attached hydrogens (tertiary/aromatic N) is 1. The summed E-state index contributed by atoms with van der Waals surface area (Å²) in [5.74, 6) is -0.307. The quantitative estimate of drug-likeness (QED) is 0.835. The number of carbonyl (C=O) groups excluding carboxylic acids is 1. The highest BCUT2D eigenvalue weighted by Crippen LogP contribution is 2.26. The fourth-order valence-corrected chi connectivity index (χ4v) is 4.31. The minimum atomic E-state index is -3.22. The van der Waals surface area contributed by atoms with Crippen molar-refractivity contribution in [3.63, 3.8) is 0 Å². The Morgan fingerprint density at radius 3 is 2.82 bits per heavy atom. The lowest BCUT2D eigenvalue weighted by molar-refractivity contribution is -0.120. The van der Waals surface area contributed by atoms with Gasteiger partial charge in [0.15, 0.2) is 0 Å². The Bertz CT molecular complexity index is 631. The molecular weight excluding hydrogens is 320 g/mol. The molecule has 0 spiro atoms. The van der Waals surface area contributed by atoms with Crippen molar-refractivity contribution in [2.24, 2.45) is 5.92 Å². The fraction of sp³-hybridized carbons (Fsp3) is 0.533. The maximum absolute atomic E-state index is 12.5. The van der Waals surface area contributed by atoms with Gasteiger partial charge in [0.05, 0.1) is 17.4 Å². The Kier molecular flexibility index (Phi) is 5.88. The van der Waals surface area contributed by atoms with Gasteiger partial charge in [0.25, 0.3) is 0 Å². The summed E-state index contributed by atoms with van der Waals surface area (Å²) in [7, 11) is -3.22. The molecular formula is C15H22N2O3S2. The second-order valence-corrected chi connectivity index (χ2v) is 8.39. The van der Waals surface area contributed by atoms with Crippen LogP contribution in [0, 0.1) is 5.92 Å². The maximum Gasteiger partial charge on any atom is 0.228 e. The largest absolute Gasteiger partial charge is 0.325 e. The van der Waals surface area contributed by atoms with Gasteiger partial charge in [0, 0.05) is 18.0 Å². The molecule has 0 saturated carbocycles. The highest BCUT2D eigenvalue weighted by molar-refractivity contribution is 7.98. The molecule has 7 heteroatoms. The van der Waals surface area contributed by atoms with Crippen LogP contribution in [0.2, 0.25) is 0 Å². The number of benzene rings is 1. The Balaban J connectivity index is 2.06. The molecule has 0 unspecified atom stereocenters. The van der Waals surface area contributed by atoms with E-state index in [2.05, 4.69) is 5.32 Å². The van der Waals surface area contributed by atoms with Crippen molar-refractivity contribution in [1.82, 2.24) is 4.31 Å². The molecule has 1 aliphatic rings. The van der Waals surface area contributed by atoms with Gasteiger partial charge in [-0.05, 0) is 38.2 Å². The monoisotopic (exact) mass is 342 g/mol. The molecule has 1 heterocycles. The van der Waals surface area contributed by atoms with Gasteiger partial charge < -0.3 is 5.32 Å². The van der Waals surface area contributed by atoms with Crippen molar-refractivity contribution < 1.29 is 13.2 Å². The van der Waals surface area contributed by atoms with E-state index in [4.69, 9.17) is 0 Å². The molecule has 0 bridgehead atoms. The van der Waals surface area contributed by atoms with Crippen LogP contribution in [0.4, 0.5) is 5.69 Å². The number of thioether (sulfide) groups is 1. The van der Waals surface area contributed by atoms with Gasteiger partial charge in [-0.2, -0.15) is 0 Å². The molecule has 1 atom stereocenters. The number of nitrogens with one attached hydrogen (secondary N) is 1. The van der Waals surface area contributed by atoms with E-state index in [1.807, 2.05) is 30.5 Å². The number of carbonyl (C=O) groups is 1. The number of piperidine rings is 1. The standard InChI is InChI=1S/C15H22N2O3S2/c1-3-22(19,20)17-10-6-7-12(11-17)15(18)16-13-8-4-5-9-14(13)21-2/h4-5,8-9,12H,3,6-7,10-11H2,1-2H3,(H,16,18)/t12-/m0/s1. The molecule has 0 aromatic heterocycles. The van der Waals surface area contributed by atoms with E-state index in [1.165, 1.54) is 4.31 Å². The number of hydrogen-bond acceptors (Lipinski definition) is 4. The second kappa shape index (κ2) is 7.48. The van der Waals surface area contributed by atoms with E-state index >= 15 is 0 Å². The number of sulfonamides is 1. The van der Waals surface area contributed by atoms with Crippen LogP contribution < -0.4 is 5.32 Å². The normalized spacial score (nSPS) is 19.8. The van der Waals surface area contributed by atoms with Crippen LogP contribution in [0.25, 0.3) is 0 Å². The zero-order chi connectivity index (χ0) is 16.2. The third kappa shape index (κ3) is 4.02. The molecule has 5 nitrogen and oxygen atoms in total. The number of para-hydroxylation sites is 1. The number of rotatable bonds is 5. The Morgan fingerprint density at radius 1 is 1.41 bits per heavy atom. The van der Waals surface area contributed by atoms with Crippen molar-refractivity contribution in [2.75, 3.05) is 30.4 Å². The first-order chi connectivity index (χ1) is 10.5. The van der Waals surface area contributed by atoms with Crippen molar-refractivity contribution in [3.8, 4) is 0 Å². The van der Waals surface area contributed by atoms with Gasteiger partial charge in [-0.1, -0.05) is 12.1 Å². The summed E-state index contributed by atoms with van der Waals surface area (Å²) < 4.78 is 25.4. The Labute approximate surface area is 136 Å². The van der Waals surface area contributed by atoms with Gasteiger partial charge in [-0.15, -0.1) is 11.8 Å². The van der Waals surface area contributed by atoms with E-state index in [0.29, 0.717) is 6.54 Å².